The van der Waals surface area contributed by atoms with E-state index in [1.807, 2.05) is 36.4 Å². The van der Waals surface area contributed by atoms with Crippen molar-refractivity contribution in [3.63, 3.8) is 0 Å². The van der Waals surface area contributed by atoms with Gasteiger partial charge in [-0.15, -0.1) is 0 Å². The predicted molar refractivity (Wildman–Crippen MR) is 144 cm³/mol. The lowest BCUT2D eigenvalue weighted by molar-refractivity contribution is 0.291. The van der Waals surface area contributed by atoms with Gasteiger partial charge in [0.1, 0.15) is 6.67 Å². The molecular weight excluding hydrogens is 491 g/mol. The van der Waals surface area contributed by atoms with E-state index >= 15 is 0 Å². The quantitative estimate of drug-likeness (QED) is 0.295. The minimum atomic E-state index is -0.662. The van der Waals surface area contributed by atoms with Crippen LogP contribution < -0.4 is 10.9 Å². The molecule has 7 nitrogen and oxygen atoms in total. The highest BCUT2D eigenvalue weighted by Gasteiger charge is 2.20. The Bertz CT molecular complexity index is 1310. The van der Waals surface area contributed by atoms with Gasteiger partial charge in [0.15, 0.2) is 0 Å². The monoisotopic (exact) mass is 522 g/mol. The zero-order valence-corrected chi connectivity index (χ0v) is 21.4. The van der Waals surface area contributed by atoms with Crippen LogP contribution in [0, 0.1) is 11.8 Å². The summed E-state index contributed by atoms with van der Waals surface area (Å²) in [6, 6.07) is 16.0. The molecule has 37 heavy (non-hydrogen) atoms. The van der Waals surface area contributed by atoms with Crippen LogP contribution in [-0.2, 0) is 23.8 Å². The Hall–Kier alpha value is -3.32. The van der Waals surface area contributed by atoms with Crippen LogP contribution in [-0.4, -0.2) is 68.5 Å². The fourth-order valence-corrected chi connectivity index (χ4v) is 5.38. The van der Waals surface area contributed by atoms with E-state index in [0.29, 0.717) is 13.0 Å². The van der Waals surface area contributed by atoms with E-state index in [4.69, 9.17) is 0 Å². The number of aromatic amines is 1. The molecular formula is C28H31FN4O3S. The van der Waals surface area contributed by atoms with Crippen LogP contribution in [0.1, 0.15) is 33.9 Å². The zero-order valence-electron chi connectivity index (χ0n) is 20.6. The summed E-state index contributed by atoms with van der Waals surface area (Å²) in [5.74, 6) is 7.20. The third kappa shape index (κ3) is 7.83. The first-order valence-corrected chi connectivity index (χ1v) is 13.8. The molecule has 1 aromatic heterocycles. The Morgan fingerprint density at radius 3 is 2.30 bits per heavy atom. The van der Waals surface area contributed by atoms with Gasteiger partial charge in [0.25, 0.3) is 5.56 Å². The Kier molecular flexibility index (Phi) is 9.60. The number of benzene rings is 2. The minimum Gasteiger partial charge on any atom is -0.502 e. The van der Waals surface area contributed by atoms with Crippen LogP contribution in [0.3, 0.4) is 0 Å². The average Bonchev–Trinajstić information content (AvgIpc) is 2.91. The first-order valence-electron chi connectivity index (χ1n) is 12.3. The van der Waals surface area contributed by atoms with Gasteiger partial charge in [-0.25, -0.2) is 9.37 Å². The molecule has 1 aliphatic rings. The van der Waals surface area contributed by atoms with E-state index in [0.717, 1.165) is 47.8 Å². The van der Waals surface area contributed by atoms with Crippen molar-refractivity contribution in [1.29, 1.82) is 0 Å². The van der Waals surface area contributed by atoms with Gasteiger partial charge in [-0.05, 0) is 41.8 Å². The number of alkyl halides is 1. The van der Waals surface area contributed by atoms with Gasteiger partial charge in [0, 0.05) is 72.1 Å². The van der Waals surface area contributed by atoms with Crippen LogP contribution in [0.15, 0.2) is 59.7 Å². The van der Waals surface area contributed by atoms with Gasteiger partial charge in [0.2, 0.25) is 5.75 Å². The van der Waals surface area contributed by atoms with E-state index < -0.39 is 28.8 Å². The van der Waals surface area contributed by atoms with E-state index in [9.17, 15) is 18.5 Å². The van der Waals surface area contributed by atoms with Crippen molar-refractivity contribution in [3.05, 3.63) is 93.2 Å². The van der Waals surface area contributed by atoms with E-state index in [1.54, 1.807) is 0 Å². The molecule has 0 bridgehead atoms. The maximum Gasteiger partial charge on any atom is 0.293 e. The second kappa shape index (κ2) is 13.3. The Balaban J connectivity index is 1.38. The lowest BCUT2D eigenvalue weighted by Crippen LogP contribution is -2.37. The average molecular weight is 523 g/mol. The summed E-state index contributed by atoms with van der Waals surface area (Å²) in [4.78, 5) is 20.7. The molecule has 3 N–H and O–H groups in total. The van der Waals surface area contributed by atoms with Crippen LogP contribution in [0.2, 0.25) is 0 Å². The summed E-state index contributed by atoms with van der Waals surface area (Å²) >= 11 is 0. The maximum absolute atomic E-state index is 12.6. The smallest absolute Gasteiger partial charge is 0.293 e. The lowest BCUT2D eigenvalue weighted by atomic mass is 9.94. The lowest BCUT2D eigenvalue weighted by Gasteiger charge is -2.26. The maximum atomic E-state index is 12.6. The SMILES string of the molecule is O=c1[nH]cnc(C(CNCCF)Cc2ccc(C#Cc3ccc(CN4CCS(=O)CC4)cc3)cc2)c1O. The summed E-state index contributed by atoms with van der Waals surface area (Å²) in [7, 11) is -0.662. The molecule has 0 spiro atoms. The first-order chi connectivity index (χ1) is 18.0. The molecule has 1 saturated heterocycles. The van der Waals surface area contributed by atoms with Crippen molar-refractivity contribution in [2.45, 2.75) is 18.9 Å². The molecule has 1 unspecified atom stereocenters. The first kappa shape index (κ1) is 26.7. The fraction of sp³-hybridized carbons (Fsp3) is 0.357. The van der Waals surface area contributed by atoms with E-state index in [-0.39, 0.29) is 18.2 Å². The van der Waals surface area contributed by atoms with Crippen molar-refractivity contribution in [3.8, 4) is 17.6 Å². The Morgan fingerprint density at radius 2 is 1.68 bits per heavy atom. The highest BCUT2D eigenvalue weighted by atomic mass is 32.2. The molecule has 0 amide bonds. The number of aromatic nitrogens is 2. The van der Waals surface area contributed by atoms with E-state index in [1.165, 1.54) is 11.9 Å². The number of nitrogens with zero attached hydrogens (tertiary/aromatic N) is 2. The van der Waals surface area contributed by atoms with Gasteiger partial charge < -0.3 is 15.4 Å². The standard InChI is InChI=1S/C28H31FN4O3S/c29-11-12-30-18-25(26-27(34)28(35)32-20-31-26)17-23-7-3-21(4-8-23)1-2-22-5-9-24(10-6-22)19-33-13-15-37(36)16-14-33/h3-10,20,25,30,34H,11-19H2,(H,31,32,35). The fourth-order valence-electron chi connectivity index (χ4n) is 4.25. The van der Waals surface area contributed by atoms with Gasteiger partial charge in [-0.3, -0.25) is 13.9 Å². The summed E-state index contributed by atoms with van der Waals surface area (Å²) < 4.78 is 24.1. The Labute approximate surface area is 218 Å². The number of halogens is 1. The van der Waals surface area contributed by atoms with Crippen molar-refractivity contribution >= 4 is 10.8 Å². The van der Waals surface area contributed by atoms with Crippen LogP contribution in [0.25, 0.3) is 0 Å². The molecule has 1 atom stereocenters. The predicted octanol–water partition coefficient (Wildman–Crippen LogP) is 2.33. The topological polar surface area (TPSA) is 98.3 Å². The van der Waals surface area contributed by atoms with Crippen molar-refractivity contribution in [2.24, 2.45) is 0 Å². The molecule has 4 rings (SSSR count). The summed E-state index contributed by atoms with van der Waals surface area (Å²) in [6.45, 7) is 2.68. The molecule has 9 heteroatoms. The third-order valence-corrected chi connectivity index (χ3v) is 7.60. The second-order valence-electron chi connectivity index (χ2n) is 9.03. The molecule has 2 heterocycles. The third-order valence-electron chi connectivity index (χ3n) is 6.32. The van der Waals surface area contributed by atoms with Crippen molar-refractivity contribution < 1.29 is 13.7 Å². The van der Waals surface area contributed by atoms with Crippen LogP contribution >= 0.6 is 0 Å². The molecule has 2 aromatic carbocycles. The molecule has 1 fully saturated rings. The number of hydrogen-bond donors (Lipinski definition) is 3. The molecule has 0 radical (unpaired) electrons. The molecule has 0 aliphatic carbocycles. The van der Waals surface area contributed by atoms with Gasteiger partial charge >= 0.3 is 0 Å². The van der Waals surface area contributed by atoms with E-state index in [2.05, 4.69) is 44.2 Å². The zero-order chi connectivity index (χ0) is 26.0. The number of rotatable bonds is 9. The number of H-pyrrole nitrogens is 1. The minimum absolute atomic E-state index is 0.191. The molecule has 0 saturated carbocycles. The molecule has 1 aliphatic heterocycles. The molecule has 3 aromatic rings. The summed E-state index contributed by atoms with van der Waals surface area (Å²) in [5.41, 5.74) is 3.71. The molecule has 194 valence electrons. The van der Waals surface area contributed by atoms with Gasteiger partial charge in [-0.2, -0.15) is 0 Å². The van der Waals surface area contributed by atoms with Gasteiger partial charge in [-0.1, -0.05) is 36.1 Å². The van der Waals surface area contributed by atoms with Gasteiger partial charge in [0.05, 0.1) is 12.0 Å². The number of nitrogens with one attached hydrogen (secondary N) is 2. The second-order valence-corrected chi connectivity index (χ2v) is 10.7. The van der Waals surface area contributed by atoms with Crippen molar-refractivity contribution in [1.82, 2.24) is 20.2 Å². The van der Waals surface area contributed by atoms with Crippen LogP contribution in [0.4, 0.5) is 4.39 Å². The largest absolute Gasteiger partial charge is 0.502 e. The number of aromatic hydroxyl groups is 1. The highest BCUT2D eigenvalue weighted by molar-refractivity contribution is 7.85. The highest BCUT2D eigenvalue weighted by Crippen LogP contribution is 2.23. The summed E-state index contributed by atoms with van der Waals surface area (Å²) in [5, 5.41) is 13.2. The summed E-state index contributed by atoms with van der Waals surface area (Å²) in [6.07, 6.45) is 1.78. The normalized spacial score (nSPS) is 15.2. The Morgan fingerprint density at radius 1 is 1.05 bits per heavy atom. The van der Waals surface area contributed by atoms with Crippen LogP contribution in [0.5, 0.6) is 5.75 Å². The number of hydrogen-bond acceptors (Lipinski definition) is 6. The van der Waals surface area contributed by atoms with Crippen molar-refractivity contribution in [2.75, 3.05) is 44.4 Å².